The third-order valence-electron chi connectivity index (χ3n) is 3.59. The standard InChI is InChI=1S/C15H22N2O2/c1-18-9-6-12-2-4-13(5-3-12)19-11-15(7-8-15)10-14(16)17/h2-5H,6-11H2,1H3,(H3,16,17). The summed E-state index contributed by atoms with van der Waals surface area (Å²) in [6.07, 6.45) is 3.79. The highest BCUT2D eigenvalue weighted by Crippen LogP contribution is 2.48. The largest absolute Gasteiger partial charge is 0.493 e. The minimum atomic E-state index is 0.126. The lowest BCUT2D eigenvalue weighted by atomic mass is 10.0. The first-order chi connectivity index (χ1) is 9.13. The number of rotatable bonds is 8. The number of benzene rings is 1. The van der Waals surface area contributed by atoms with Gasteiger partial charge in [-0.2, -0.15) is 0 Å². The lowest BCUT2D eigenvalue weighted by Gasteiger charge is -2.15. The Hall–Kier alpha value is -1.55. The number of nitrogens with one attached hydrogen (secondary N) is 1. The molecule has 1 aromatic carbocycles. The number of methoxy groups -OCH3 is 1. The van der Waals surface area contributed by atoms with E-state index in [1.807, 2.05) is 12.1 Å². The third-order valence-corrected chi connectivity index (χ3v) is 3.59. The number of hydrogen-bond acceptors (Lipinski definition) is 3. The van der Waals surface area contributed by atoms with Gasteiger partial charge >= 0.3 is 0 Å². The van der Waals surface area contributed by atoms with E-state index >= 15 is 0 Å². The Labute approximate surface area is 114 Å². The quantitative estimate of drug-likeness (QED) is 0.558. The van der Waals surface area contributed by atoms with Crippen molar-refractivity contribution in [3.05, 3.63) is 29.8 Å². The van der Waals surface area contributed by atoms with Crippen LogP contribution in [0, 0.1) is 10.8 Å². The highest BCUT2D eigenvalue weighted by atomic mass is 16.5. The van der Waals surface area contributed by atoms with Crippen LogP contribution >= 0.6 is 0 Å². The zero-order valence-electron chi connectivity index (χ0n) is 11.4. The van der Waals surface area contributed by atoms with Crippen LogP contribution < -0.4 is 10.5 Å². The molecular weight excluding hydrogens is 240 g/mol. The van der Waals surface area contributed by atoms with Gasteiger partial charge in [0.1, 0.15) is 5.75 Å². The summed E-state index contributed by atoms with van der Waals surface area (Å²) in [5, 5.41) is 7.38. The second-order valence-corrected chi connectivity index (χ2v) is 5.38. The summed E-state index contributed by atoms with van der Waals surface area (Å²) >= 11 is 0. The third kappa shape index (κ3) is 4.24. The van der Waals surface area contributed by atoms with E-state index < -0.39 is 0 Å². The van der Waals surface area contributed by atoms with E-state index in [4.69, 9.17) is 20.6 Å². The second kappa shape index (κ2) is 6.06. The van der Waals surface area contributed by atoms with Gasteiger partial charge in [-0.05, 0) is 37.0 Å². The average Bonchev–Trinajstić information content (AvgIpc) is 3.14. The fourth-order valence-electron chi connectivity index (χ4n) is 2.16. The second-order valence-electron chi connectivity index (χ2n) is 5.38. The predicted molar refractivity (Wildman–Crippen MR) is 75.7 cm³/mol. The van der Waals surface area contributed by atoms with E-state index in [9.17, 15) is 0 Å². The van der Waals surface area contributed by atoms with Crippen molar-refractivity contribution in [2.24, 2.45) is 11.1 Å². The Morgan fingerprint density at radius 2 is 2.00 bits per heavy atom. The van der Waals surface area contributed by atoms with Crippen LogP contribution in [0.25, 0.3) is 0 Å². The molecule has 0 aliphatic heterocycles. The van der Waals surface area contributed by atoms with E-state index in [0.717, 1.165) is 31.6 Å². The Morgan fingerprint density at radius 3 is 2.53 bits per heavy atom. The monoisotopic (exact) mass is 262 g/mol. The summed E-state index contributed by atoms with van der Waals surface area (Å²) in [4.78, 5) is 0. The van der Waals surface area contributed by atoms with Crippen LogP contribution in [-0.2, 0) is 11.2 Å². The van der Waals surface area contributed by atoms with Gasteiger partial charge in [0.15, 0.2) is 0 Å². The van der Waals surface area contributed by atoms with E-state index in [1.54, 1.807) is 7.11 Å². The molecule has 1 aliphatic carbocycles. The molecule has 0 aromatic heterocycles. The molecule has 1 aliphatic rings. The molecule has 4 nitrogen and oxygen atoms in total. The van der Waals surface area contributed by atoms with Gasteiger partial charge in [-0.25, -0.2) is 0 Å². The topological polar surface area (TPSA) is 68.3 Å². The lowest BCUT2D eigenvalue weighted by molar-refractivity contribution is 0.202. The van der Waals surface area contributed by atoms with Crippen molar-refractivity contribution in [3.63, 3.8) is 0 Å². The summed E-state index contributed by atoms with van der Waals surface area (Å²) in [5.41, 5.74) is 6.84. The molecule has 2 rings (SSSR count). The zero-order chi connectivity index (χ0) is 13.7. The first-order valence-electron chi connectivity index (χ1n) is 6.67. The molecule has 1 aromatic rings. The Kier molecular flexibility index (Phi) is 4.43. The molecule has 1 fully saturated rings. The molecule has 0 radical (unpaired) electrons. The normalized spacial score (nSPS) is 16.1. The molecule has 0 unspecified atom stereocenters. The van der Waals surface area contributed by atoms with Crippen molar-refractivity contribution in [2.45, 2.75) is 25.7 Å². The Bertz CT molecular complexity index is 424. The van der Waals surface area contributed by atoms with Gasteiger partial charge in [-0.3, -0.25) is 5.41 Å². The molecule has 0 heterocycles. The predicted octanol–water partition coefficient (Wildman–Crippen LogP) is 2.36. The number of nitrogens with two attached hydrogens (primary N) is 1. The summed E-state index contributed by atoms with van der Waals surface area (Å²) < 4.78 is 10.9. The molecule has 0 saturated heterocycles. The molecule has 0 atom stereocenters. The molecule has 1 saturated carbocycles. The summed E-state index contributed by atoms with van der Waals surface area (Å²) in [7, 11) is 1.71. The maximum absolute atomic E-state index is 7.38. The van der Waals surface area contributed by atoms with Gasteiger partial charge in [0.25, 0.3) is 0 Å². The fourth-order valence-corrected chi connectivity index (χ4v) is 2.16. The van der Waals surface area contributed by atoms with Crippen LogP contribution in [0.3, 0.4) is 0 Å². The van der Waals surface area contributed by atoms with Crippen LogP contribution in [0.15, 0.2) is 24.3 Å². The SMILES string of the molecule is COCCc1ccc(OCC2(CC(=N)N)CC2)cc1. The van der Waals surface area contributed by atoms with Gasteiger partial charge in [0, 0.05) is 18.9 Å². The smallest absolute Gasteiger partial charge is 0.119 e. The lowest BCUT2D eigenvalue weighted by Crippen LogP contribution is -2.21. The highest BCUT2D eigenvalue weighted by molar-refractivity contribution is 5.78. The first-order valence-corrected chi connectivity index (χ1v) is 6.67. The molecular formula is C15H22N2O2. The van der Waals surface area contributed by atoms with Crippen molar-refractivity contribution in [3.8, 4) is 5.75 Å². The minimum Gasteiger partial charge on any atom is -0.493 e. The van der Waals surface area contributed by atoms with E-state index in [2.05, 4.69) is 12.1 Å². The molecule has 3 N–H and O–H groups in total. The molecule has 0 amide bonds. The number of ether oxygens (including phenoxy) is 2. The zero-order valence-corrected chi connectivity index (χ0v) is 11.4. The van der Waals surface area contributed by atoms with Gasteiger partial charge in [0.2, 0.25) is 0 Å². The van der Waals surface area contributed by atoms with Crippen LogP contribution in [-0.4, -0.2) is 26.2 Å². The Morgan fingerprint density at radius 1 is 1.32 bits per heavy atom. The van der Waals surface area contributed by atoms with Gasteiger partial charge in [0.05, 0.1) is 19.0 Å². The minimum absolute atomic E-state index is 0.126. The Balaban J connectivity index is 1.81. The van der Waals surface area contributed by atoms with Gasteiger partial charge in [-0.15, -0.1) is 0 Å². The van der Waals surface area contributed by atoms with Crippen molar-refractivity contribution in [2.75, 3.05) is 20.3 Å². The summed E-state index contributed by atoms with van der Waals surface area (Å²) in [6, 6.07) is 8.13. The van der Waals surface area contributed by atoms with Crippen LogP contribution in [0.1, 0.15) is 24.8 Å². The number of amidine groups is 1. The molecule has 19 heavy (non-hydrogen) atoms. The van der Waals surface area contributed by atoms with E-state index in [-0.39, 0.29) is 11.3 Å². The van der Waals surface area contributed by atoms with Crippen molar-refractivity contribution < 1.29 is 9.47 Å². The summed E-state index contributed by atoms with van der Waals surface area (Å²) in [5.74, 6) is 1.15. The van der Waals surface area contributed by atoms with Crippen molar-refractivity contribution >= 4 is 5.84 Å². The van der Waals surface area contributed by atoms with E-state index in [0.29, 0.717) is 13.0 Å². The highest BCUT2D eigenvalue weighted by Gasteiger charge is 2.43. The molecule has 0 bridgehead atoms. The van der Waals surface area contributed by atoms with Gasteiger partial charge < -0.3 is 15.2 Å². The maximum atomic E-state index is 7.38. The van der Waals surface area contributed by atoms with Crippen molar-refractivity contribution in [1.29, 1.82) is 5.41 Å². The van der Waals surface area contributed by atoms with Gasteiger partial charge in [-0.1, -0.05) is 12.1 Å². The molecule has 4 heteroatoms. The molecule has 104 valence electrons. The number of hydrogen-bond donors (Lipinski definition) is 2. The maximum Gasteiger partial charge on any atom is 0.119 e. The fraction of sp³-hybridized carbons (Fsp3) is 0.533. The first kappa shape index (κ1) is 13.9. The molecule has 0 spiro atoms. The van der Waals surface area contributed by atoms with Crippen LogP contribution in [0.2, 0.25) is 0 Å². The van der Waals surface area contributed by atoms with Crippen molar-refractivity contribution in [1.82, 2.24) is 0 Å². The van der Waals surface area contributed by atoms with E-state index in [1.165, 1.54) is 5.56 Å². The van der Waals surface area contributed by atoms with Crippen LogP contribution in [0.4, 0.5) is 0 Å². The summed E-state index contributed by atoms with van der Waals surface area (Å²) in [6.45, 7) is 1.39. The van der Waals surface area contributed by atoms with Crippen LogP contribution in [0.5, 0.6) is 5.75 Å². The average molecular weight is 262 g/mol.